The number of carbonyl (C=O) groups is 2. The smallest absolute Gasteiger partial charge is 0.248 e. The van der Waals surface area contributed by atoms with Gasteiger partial charge in [0.25, 0.3) is 0 Å². The Balaban J connectivity index is 2.89. The Morgan fingerprint density at radius 2 is 2.25 bits per heavy atom. The monoisotopic (exact) mass is 224 g/mol. The summed E-state index contributed by atoms with van der Waals surface area (Å²) in [4.78, 5) is 25.4. The predicted molar refractivity (Wildman–Crippen MR) is 62.8 cm³/mol. The van der Waals surface area contributed by atoms with Gasteiger partial charge in [-0.15, -0.1) is 6.58 Å². The number of rotatable bonds is 4. The van der Waals surface area contributed by atoms with Crippen LogP contribution in [0.1, 0.15) is 33.6 Å². The average molecular weight is 224 g/mol. The van der Waals surface area contributed by atoms with Crippen molar-refractivity contribution in [3.8, 4) is 0 Å². The van der Waals surface area contributed by atoms with Crippen LogP contribution in [-0.2, 0) is 9.59 Å². The van der Waals surface area contributed by atoms with E-state index < -0.39 is 5.54 Å². The molecule has 0 aliphatic carbocycles. The minimum absolute atomic E-state index is 0.00366. The molecule has 1 fully saturated rings. The molecule has 2 unspecified atom stereocenters. The van der Waals surface area contributed by atoms with Gasteiger partial charge in [-0.05, 0) is 26.7 Å². The maximum absolute atomic E-state index is 12.2. The molecule has 0 spiro atoms. The van der Waals surface area contributed by atoms with Gasteiger partial charge in [0.1, 0.15) is 5.54 Å². The fourth-order valence-corrected chi connectivity index (χ4v) is 1.91. The number of hydrogen-bond donors (Lipinski definition) is 1. The Kier molecular flexibility index (Phi) is 3.73. The lowest BCUT2D eigenvalue weighted by atomic mass is 9.93. The van der Waals surface area contributed by atoms with E-state index in [4.69, 9.17) is 0 Å². The van der Waals surface area contributed by atoms with Gasteiger partial charge >= 0.3 is 0 Å². The highest BCUT2D eigenvalue weighted by Crippen LogP contribution is 2.20. The molecule has 0 aromatic carbocycles. The number of hydrogen-bond acceptors (Lipinski definition) is 2. The molecule has 0 aromatic rings. The van der Waals surface area contributed by atoms with Crippen molar-refractivity contribution < 1.29 is 9.59 Å². The van der Waals surface area contributed by atoms with Crippen molar-refractivity contribution in [3.05, 3.63) is 12.7 Å². The van der Waals surface area contributed by atoms with E-state index in [0.29, 0.717) is 12.8 Å². The zero-order valence-electron chi connectivity index (χ0n) is 10.2. The molecule has 1 aliphatic rings. The summed E-state index contributed by atoms with van der Waals surface area (Å²) >= 11 is 0. The highest BCUT2D eigenvalue weighted by Gasteiger charge is 2.42. The lowest BCUT2D eigenvalue weighted by molar-refractivity contribution is -0.151. The van der Waals surface area contributed by atoms with Gasteiger partial charge in [-0.25, -0.2) is 0 Å². The molecular formula is C12H20N2O2. The second kappa shape index (κ2) is 4.68. The molecule has 1 N–H and O–H groups in total. The summed E-state index contributed by atoms with van der Waals surface area (Å²) in [6.07, 6.45) is 3.08. The molecule has 1 aliphatic heterocycles. The van der Waals surface area contributed by atoms with Crippen LogP contribution in [0, 0.1) is 0 Å². The lowest BCUT2D eigenvalue weighted by Gasteiger charge is -2.41. The Bertz CT molecular complexity index is 314. The summed E-state index contributed by atoms with van der Waals surface area (Å²) < 4.78 is 0. The Morgan fingerprint density at radius 3 is 2.75 bits per heavy atom. The van der Waals surface area contributed by atoms with E-state index >= 15 is 0 Å². The zero-order valence-corrected chi connectivity index (χ0v) is 10.2. The molecule has 2 atom stereocenters. The van der Waals surface area contributed by atoms with Crippen LogP contribution < -0.4 is 5.32 Å². The Morgan fingerprint density at radius 1 is 1.62 bits per heavy atom. The summed E-state index contributed by atoms with van der Waals surface area (Å²) in [6.45, 7) is 9.43. The van der Waals surface area contributed by atoms with Crippen molar-refractivity contribution in [2.75, 3.05) is 6.54 Å². The first-order valence-electron chi connectivity index (χ1n) is 5.67. The maximum Gasteiger partial charge on any atom is 0.248 e. The molecule has 4 heteroatoms. The van der Waals surface area contributed by atoms with E-state index in [9.17, 15) is 9.59 Å². The zero-order chi connectivity index (χ0) is 12.3. The number of piperazine rings is 1. The van der Waals surface area contributed by atoms with Gasteiger partial charge in [0.05, 0.1) is 6.54 Å². The molecule has 1 heterocycles. The number of nitrogens with zero attached hydrogens (tertiary/aromatic N) is 1. The summed E-state index contributed by atoms with van der Waals surface area (Å²) in [7, 11) is 0. The van der Waals surface area contributed by atoms with Gasteiger partial charge < -0.3 is 10.2 Å². The minimum atomic E-state index is -0.745. The van der Waals surface area contributed by atoms with E-state index in [1.807, 2.05) is 13.8 Å². The molecule has 2 amide bonds. The number of nitrogens with one attached hydrogen (secondary N) is 1. The van der Waals surface area contributed by atoms with Crippen molar-refractivity contribution in [2.24, 2.45) is 0 Å². The molecule has 0 aromatic heterocycles. The molecule has 0 radical (unpaired) electrons. The molecule has 16 heavy (non-hydrogen) atoms. The minimum Gasteiger partial charge on any atom is -0.340 e. The van der Waals surface area contributed by atoms with Crippen LogP contribution in [0.4, 0.5) is 0 Å². The fraction of sp³-hybridized carbons (Fsp3) is 0.667. The standard InChI is InChI=1S/C12H20N2O2/c1-5-7-9(3)14-8-10(15)13-12(4,6-2)11(14)16/h5,9H,1,6-8H2,2-4H3,(H,13,15). The molecule has 0 saturated carbocycles. The molecule has 0 bridgehead atoms. The fourth-order valence-electron chi connectivity index (χ4n) is 1.91. The third kappa shape index (κ3) is 2.26. The topological polar surface area (TPSA) is 49.4 Å². The quantitative estimate of drug-likeness (QED) is 0.726. The predicted octanol–water partition coefficient (Wildman–Crippen LogP) is 1.08. The van der Waals surface area contributed by atoms with Gasteiger partial charge in [0.15, 0.2) is 0 Å². The first-order chi connectivity index (χ1) is 7.44. The van der Waals surface area contributed by atoms with Crippen LogP contribution in [0.15, 0.2) is 12.7 Å². The molecule has 1 rings (SSSR count). The average Bonchev–Trinajstić information content (AvgIpc) is 2.23. The van der Waals surface area contributed by atoms with E-state index in [0.717, 1.165) is 0 Å². The van der Waals surface area contributed by atoms with Gasteiger partial charge in [-0.1, -0.05) is 13.0 Å². The van der Waals surface area contributed by atoms with Crippen LogP contribution in [0.5, 0.6) is 0 Å². The summed E-state index contributed by atoms with van der Waals surface area (Å²) in [6, 6.07) is 0.0296. The van der Waals surface area contributed by atoms with Gasteiger partial charge in [-0.2, -0.15) is 0 Å². The molecule has 90 valence electrons. The molecule has 4 nitrogen and oxygen atoms in total. The van der Waals surface area contributed by atoms with Crippen LogP contribution in [0.3, 0.4) is 0 Å². The Labute approximate surface area is 96.7 Å². The van der Waals surface area contributed by atoms with E-state index in [1.54, 1.807) is 17.9 Å². The van der Waals surface area contributed by atoms with Crippen LogP contribution in [-0.4, -0.2) is 34.8 Å². The Hall–Kier alpha value is -1.32. The highest BCUT2D eigenvalue weighted by atomic mass is 16.2. The molecular weight excluding hydrogens is 204 g/mol. The third-order valence-electron chi connectivity index (χ3n) is 3.21. The second-order valence-electron chi connectivity index (χ2n) is 4.54. The van der Waals surface area contributed by atoms with Gasteiger partial charge in [-0.3, -0.25) is 9.59 Å². The lowest BCUT2D eigenvalue weighted by Crippen LogP contribution is -2.66. The van der Waals surface area contributed by atoms with Crippen LogP contribution in [0.25, 0.3) is 0 Å². The largest absolute Gasteiger partial charge is 0.340 e. The van der Waals surface area contributed by atoms with Gasteiger partial charge in [0.2, 0.25) is 11.8 Å². The van der Waals surface area contributed by atoms with Gasteiger partial charge in [0, 0.05) is 6.04 Å². The number of carbonyl (C=O) groups excluding carboxylic acids is 2. The highest BCUT2D eigenvalue weighted by molar-refractivity contribution is 5.97. The first kappa shape index (κ1) is 12.7. The van der Waals surface area contributed by atoms with E-state index in [1.165, 1.54) is 0 Å². The van der Waals surface area contributed by atoms with Crippen molar-refractivity contribution in [1.29, 1.82) is 0 Å². The van der Waals surface area contributed by atoms with Crippen molar-refractivity contribution >= 4 is 11.8 Å². The van der Waals surface area contributed by atoms with Crippen molar-refractivity contribution in [1.82, 2.24) is 10.2 Å². The van der Waals surface area contributed by atoms with Crippen molar-refractivity contribution in [2.45, 2.75) is 45.2 Å². The summed E-state index contributed by atoms with van der Waals surface area (Å²) in [5.74, 6) is -0.0798. The van der Waals surface area contributed by atoms with E-state index in [2.05, 4.69) is 11.9 Å². The first-order valence-corrected chi connectivity index (χ1v) is 5.67. The second-order valence-corrected chi connectivity index (χ2v) is 4.54. The number of amides is 2. The van der Waals surface area contributed by atoms with Crippen LogP contribution in [0.2, 0.25) is 0 Å². The third-order valence-corrected chi connectivity index (χ3v) is 3.21. The summed E-state index contributed by atoms with van der Waals surface area (Å²) in [5.41, 5.74) is -0.745. The molecule has 1 saturated heterocycles. The van der Waals surface area contributed by atoms with E-state index in [-0.39, 0.29) is 24.4 Å². The summed E-state index contributed by atoms with van der Waals surface area (Å²) in [5, 5.41) is 2.76. The normalized spacial score (nSPS) is 27.6. The van der Waals surface area contributed by atoms with Crippen molar-refractivity contribution in [3.63, 3.8) is 0 Å². The van der Waals surface area contributed by atoms with Crippen LogP contribution >= 0.6 is 0 Å². The maximum atomic E-state index is 12.2. The SMILES string of the molecule is C=CCC(C)N1CC(=O)NC(C)(CC)C1=O.